The van der Waals surface area contributed by atoms with Crippen molar-refractivity contribution in [3.05, 3.63) is 35.9 Å². The molecule has 0 aromatic heterocycles. The molecule has 0 unspecified atom stereocenters. The van der Waals surface area contributed by atoms with Crippen molar-refractivity contribution in [2.24, 2.45) is 5.73 Å². The Kier molecular flexibility index (Phi) is 26.7. The highest BCUT2D eigenvalue weighted by atomic mass is 16.6. The van der Waals surface area contributed by atoms with Gasteiger partial charge >= 0.3 is 12.2 Å². The van der Waals surface area contributed by atoms with Crippen LogP contribution in [0, 0.1) is 0 Å². The molecule has 1 aromatic carbocycles. The van der Waals surface area contributed by atoms with Gasteiger partial charge in [0.25, 0.3) is 0 Å². The molecule has 0 radical (unpaired) electrons. The minimum Gasteiger partial charge on any atom is -0.449 e. The van der Waals surface area contributed by atoms with Gasteiger partial charge < -0.3 is 35.3 Å². The van der Waals surface area contributed by atoms with E-state index in [0.29, 0.717) is 23.3 Å². The first-order valence-electron chi connectivity index (χ1n) is 21.6. The molecule has 1 aliphatic heterocycles. The smallest absolute Gasteiger partial charge is 0.417 e. The zero-order valence-electron chi connectivity index (χ0n) is 34.1. The van der Waals surface area contributed by atoms with Crippen molar-refractivity contribution in [3.63, 3.8) is 0 Å². The maximum absolute atomic E-state index is 13.9. The Morgan fingerprint density at radius 3 is 1.65 bits per heavy atom. The van der Waals surface area contributed by atoms with Gasteiger partial charge in [-0.2, -0.15) is 0 Å². The SMILES string of the molecule is CCCCCCCCCCCCCCOC(=O)N(CCCCCCCCCCCC)[C@@H]1O[C@H](CO)[C@@H](O)[C@H](O)[C@H]1N(C(=O)CN)C(=O)OCc1ccccc1. The third-order valence-electron chi connectivity index (χ3n) is 10.5. The van der Waals surface area contributed by atoms with E-state index in [4.69, 9.17) is 19.9 Å². The molecular weight excluding hydrogens is 702 g/mol. The Labute approximate surface area is 331 Å². The molecule has 12 heteroatoms. The number of aliphatic hydroxyl groups excluding tert-OH is 3. The second-order valence-corrected chi connectivity index (χ2v) is 15.1. The van der Waals surface area contributed by atoms with Gasteiger partial charge in [0, 0.05) is 6.54 Å². The van der Waals surface area contributed by atoms with E-state index in [2.05, 4.69) is 13.8 Å². The number of ether oxygens (including phenoxy) is 3. The zero-order chi connectivity index (χ0) is 40.1. The topological polar surface area (TPSA) is 172 Å². The molecule has 0 bridgehead atoms. The lowest BCUT2D eigenvalue weighted by Crippen LogP contribution is -2.70. The van der Waals surface area contributed by atoms with Crippen LogP contribution in [-0.2, 0) is 25.6 Å². The summed E-state index contributed by atoms with van der Waals surface area (Å²) in [4.78, 5) is 42.7. The van der Waals surface area contributed by atoms with Gasteiger partial charge in [-0.25, -0.2) is 14.5 Å². The van der Waals surface area contributed by atoms with E-state index in [9.17, 15) is 29.7 Å². The number of aliphatic hydroxyl groups is 3. The first kappa shape index (κ1) is 48.4. The fourth-order valence-electron chi connectivity index (χ4n) is 7.17. The van der Waals surface area contributed by atoms with Gasteiger partial charge in [0.2, 0.25) is 5.91 Å². The van der Waals surface area contributed by atoms with Gasteiger partial charge in [-0.05, 0) is 18.4 Å². The average molecular weight is 778 g/mol. The van der Waals surface area contributed by atoms with Gasteiger partial charge in [0.15, 0.2) is 6.23 Å². The predicted molar refractivity (Wildman–Crippen MR) is 215 cm³/mol. The second kappa shape index (κ2) is 30.4. The lowest BCUT2D eigenvalue weighted by atomic mass is 9.94. The summed E-state index contributed by atoms with van der Waals surface area (Å²) in [5.74, 6) is -0.894. The molecule has 2 rings (SSSR count). The number of imide groups is 1. The number of hydrogen-bond acceptors (Lipinski definition) is 10. The van der Waals surface area contributed by atoms with Gasteiger partial charge in [0.1, 0.15) is 31.0 Å². The van der Waals surface area contributed by atoms with E-state index in [1.807, 2.05) is 6.07 Å². The minimum atomic E-state index is -1.80. The van der Waals surface area contributed by atoms with E-state index in [0.717, 1.165) is 44.9 Å². The van der Waals surface area contributed by atoms with E-state index in [1.165, 1.54) is 88.4 Å². The fraction of sp³-hybridized carbons (Fsp3) is 0.791. The van der Waals surface area contributed by atoms with Gasteiger partial charge in [-0.1, -0.05) is 173 Å². The first-order valence-corrected chi connectivity index (χ1v) is 21.6. The molecule has 1 fully saturated rings. The normalized spacial score (nSPS) is 19.6. The quantitative estimate of drug-likeness (QED) is 0.0562. The number of benzene rings is 1. The molecule has 1 aromatic rings. The number of unbranched alkanes of at least 4 members (excludes halogenated alkanes) is 20. The molecule has 0 aliphatic carbocycles. The van der Waals surface area contributed by atoms with Crippen molar-refractivity contribution in [2.45, 2.75) is 192 Å². The van der Waals surface area contributed by atoms with Crippen LogP contribution in [0.15, 0.2) is 30.3 Å². The first-order chi connectivity index (χ1) is 26.8. The van der Waals surface area contributed by atoms with E-state index in [-0.39, 0.29) is 19.8 Å². The number of carbonyl (C=O) groups is 3. The molecule has 1 aliphatic rings. The number of amides is 3. The Morgan fingerprint density at radius 1 is 0.673 bits per heavy atom. The Bertz CT molecular complexity index is 1140. The molecule has 1 saturated heterocycles. The Balaban J connectivity index is 2.14. The summed E-state index contributed by atoms with van der Waals surface area (Å²) >= 11 is 0. The molecule has 12 nitrogen and oxygen atoms in total. The van der Waals surface area contributed by atoms with E-state index >= 15 is 0 Å². The van der Waals surface area contributed by atoms with Crippen LogP contribution in [0.5, 0.6) is 0 Å². The van der Waals surface area contributed by atoms with Crippen molar-refractivity contribution < 1.29 is 43.9 Å². The summed E-state index contributed by atoms with van der Waals surface area (Å²) in [6.45, 7) is 3.28. The van der Waals surface area contributed by atoms with Crippen molar-refractivity contribution in [2.75, 3.05) is 26.3 Å². The predicted octanol–water partition coefficient (Wildman–Crippen LogP) is 7.98. The Hall–Kier alpha value is -2.77. The summed E-state index contributed by atoms with van der Waals surface area (Å²) in [7, 11) is 0. The lowest BCUT2D eigenvalue weighted by molar-refractivity contribution is -0.240. The maximum Gasteiger partial charge on any atom is 0.417 e. The lowest BCUT2D eigenvalue weighted by Gasteiger charge is -2.48. The van der Waals surface area contributed by atoms with Gasteiger partial charge in [-0.3, -0.25) is 9.69 Å². The van der Waals surface area contributed by atoms with Crippen LogP contribution in [0.2, 0.25) is 0 Å². The highest BCUT2D eigenvalue weighted by Crippen LogP contribution is 2.30. The Morgan fingerprint density at radius 2 is 1.16 bits per heavy atom. The highest BCUT2D eigenvalue weighted by molar-refractivity contribution is 5.93. The largest absolute Gasteiger partial charge is 0.449 e. The summed E-state index contributed by atoms with van der Waals surface area (Å²) in [5.41, 5.74) is 6.41. The van der Waals surface area contributed by atoms with Crippen LogP contribution in [0.4, 0.5) is 9.59 Å². The standard InChI is InChI=1S/C43H75N3O9/c1-3-5-7-9-11-13-15-16-18-20-22-27-31-53-42(51)45(30-26-21-19-17-14-12-10-8-6-4-2)41-38(40(50)39(49)36(33-47)55-41)46(37(48)32-44)43(52)54-34-35-28-24-23-25-29-35/h23-25,28-29,36,38-41,47,49-50H,3-22,26-27,30-34,44H2,1-2H3/t36-,38-,39-,40-,41-/m1/s1. The van der Waals surface area contributed by atoms with Crippen LogP contribution in [0.1, 0.15) is 161 Å². The fourth-order valence-corrected chi connectivity index (χ4v) is 7.17. The summed E-state index contributed by atoms with van der Waals surface area (Å²) < 4.78 is 17.3. The highest BCUT2D eigenvalue weighted by Gasteiger charge is 2.53. The monoisotopic (exact) mass is 778 g/mol. The summed E-state index contributed by atoms with van der Waals surface area (Å²) in [6, 6.07) is 7.27. The average Bonchev–Trinajstić information content (AvgIpc) is 3.20. The molecule has 1 heterocycles. The van der Waals surface area contributed by atoms with E-state index < -0.39 is 61.8 Å². The van der Waals surface area contributed by atoms with Crippen LogP contribution < -0.4 is 5.73 Å². The van der Waals surface area contributed by atoms with Crippen LogP contribution in [0.3, 0.4) is 0 Å². The van der Waals surface area contributed by atoms with Gasteiger partial charge in [0.05, 0.1) is 19.8 Å². The van der Waals surface area contributed by atoms with E-state index in [1.54, 1.807) is 24.3 Å². The molecule has 3 amide bonds. The van der Waals surface area contributed by atoms with Crippen molar-refractivity contribution >= 4 is 18.1 Å². The van der Waals surface area contributed by atoms with Crippen LogP contribution in [0.25, 0.3) is 0 Å². The molecule has 0 saturated carbocycles. The second-order valence-electron chi connectivity index (χ2n) is 15.1. The number of rotatable bonds is 30. The van der Waals surface area contributed by atoms with Crippen LogP contribution >= 0.6 is 0 Å². The van der Waals surface area contributed by atoms with Crippen molar-refractivity contribution in [1.29, 1.82) is 0 Å². The molecule has 0 spiro atoms. The third-order valence-corrected chi connectivity index (χ3v) is 10.5. The molecule has 316 valence electrons. The summed E-state index contributed by atoms with van der Waals surface area (Å²) in [5, 5.41) is 32.5. The molecular formula is C43H75N3O9. The number of nitrogens with zero attached hydrogens (tertiary/aromatic N) is 2. The van der Waals surface area contributed by atoms with Gasteiger partial charge in [-0.15, -0.1) is 0 Å². The number of hydrogen-bond donors (Lipinski definition) is 4. The maximum atomic E-state index is 13.9. The van der Waals surface area contributed by atoms with Crippen molar-refractivity contribution in [3.8, 4) is 0 Å². The molecule has 5 N–H and O–H groups in total. The molecule has 5 atom stereocenters. The number of nitrogens with two attached hydrogens (primary N) is 1. The summed E-state index contributed by atoms with van der Waals surface area (Å²) in [6.07, 6.45) is 16.7. The minimum absolute atomic E-state index is 0.139. The van der Waals surface area contributed by atoms with Crippen molar-refractivity contribution in [1.82, 2.24) is 9.80 Å². The molecule has 55 heavy (non-hydrogen) atoms. The van der Waals surface area contributed by atoms with Crippen LogP contribution in [-0.4, -0.2) is 100 Å². The number of carbonyl (C=O) groups excluding carboxylic acids is 3. The zero-order valence-corrected chi connectivity index (χ0v) is 34.1. The third kappa shape index (κ3) is 18.8.